The van der Waals surface area contributed by atoms with E-state index >= 15 is 0 Å². The Morgan fingerprint density at radius 2 is 1.71 bits per heavy atom. The number of rotatable bonds is 23. The number of hydrogen-bond donors (Lipinski definition) is 5. The highest BCUT2D eigenvalue weighted by molar-refractivity contribution is 7.09. The number of likely N-dealkylation sites (N-methyl/N-ethyl adjacent to an activating group) is 1. The maximum atomic E-state index is 14.9. The summed E-state index contributed by atoms with van der Waals surface area (Å²) >= 11 is 1.26. The van der Waals surface area contributed by atoms with Crippen LogP contribution in [0.25, 0.3) is 0 Å². The van der Waals surface area contributed by atoms with Crippen LogP contribution in [0.15, 0.2) is 29.6 Å². The molecule has 6 atom stereocenters. The number of carbonyl (C=O) groups is 5. The second-order valence-corrected chi connectivity index (χ2v) is 18.2. The second-order valence-electron chi connectivity index (χ2n) is 17.3. The number of aromatic nitrogens is 1. The maximum absolute atomic E-state index is 14.9. The van der Waals surface area contributed by atoms with Gasteiger partial charge in [-0.05, 0) is 95.5 Å². The van der Waals surface area contributed by atoms with Crippen molar-refractivity contribution < 1.29 is 29.1 Å². The Hall–Kier alpha value is -4.04. The van der Waals surface area contributed by atoms with Crippen LogP contribution in [-0.4, -0.2) is 93.8 Å². The molecule has 14 heteroatoms. The zero-order valence-electron chi connectivity index (χ0n) is 36.4. The number of amides is 4. The molecule has 3 rings (SSSR count). The molecule has 0 spiro atoms. The lowest BCUT2D eigenvalue weighted by Gasteiger charge is -2.40. The molecule has 324 valence electrons. The predicted molar refractivity (Wildman–Crippen MR) is 231 cm³/mol. The molecule has 1 saturated heterocycles. The van der Waals surface area contributed by atoms with E-state index in [1.807, 2.05) is 37.9 Å². The van der Waals surface area contributed by atoms with Crippen molar-refractivity contribution in [2.75, 3.05) is 25.9 Å². The molecule has 1 aliphatic rings. The van der Waals surface area contributed by atoms with Crippen molar-refractivity contribution in [3.63, 3.8) is 0 Å². The molecule has 1 aromatic carbocycles. The molecular weight excluding hydrogens is 755 g/mol. The molecule has 13 nitrogen and oxygen atoms in total. The topological polar surface area (TPSA) is 187 Å². The molecule has 1 aliphatic heterocycles. The first kappa shape index (κ1) is 48.3. The van der Waals surface area contributed by atoms with Gasteiger partial charge in [-0.3, -0.25) is 28.9 Å². The van der Waals surface area contributed by atoms with Crippen molar-refractivity contribution in [1.29, 1.82) is 0 Å². The normalized spacial score (nSPS) is 17.4. The average molecular weight is 826 g/mol. The number of hydrogen-bond acceptors (Lipinski definition) is 9. The van der Waals surface area contributed by atoms with Crippen molar-refractivity contribution in [3.8, 4) is 0 Å². The minimum atomic E-state index is -1.11. The maximum Gasteiger partial charge on any atom is 0.309 e. The molecule has 0 saturated carbocycles. The van der Waals surface area contributed by atoms with Gasteiger partial charge in [0.1, 0.15) is 16.7 Å². The van der Waals surface area contributed by atoms with Gasteiger partial charge in [-0.25, -0.2) is 4.98 Å². The van der Waals surface area contributed by atoms with Crippen LogP contribution in [0.5, 0.6) is 0 Å². The van der Waals surface area contributed by atoms with Gasteiger partial charge in [-0.15, -0.1) is 11.3 Å². The SMILES string of the molecule is CCCCCCN(C(=O)[C@@H](NC(=O)[C@H]1CCCCN1C)[C@@H](C)CC)[C@H](C[C@@H](NC(C)=O)c1nc(C(=O)N[C@@H](Cc2ccc(N)cc2)CC(C)(C)C(=O)O)cs1)C(C)C. The minimum Gasteiger partial charge on any atom is -0.481 e. The molecule has 6 N–H and O–H groups in total. The average Bonchev–Trinajstić information content (AvgIpc) is 3.67. The lowest BCUT2D eigenvalue weighted by atomic mass is 9.84. The summed E-state index contributed by atoms with van der Waals surface area (Å²) in [6, 6.07) is 4.83. The highest BCUT2D eigenvalue weighted by Crippen LogP contribution is 2.30. The number of thiazole rings is 1. The van der Waals surface area contributed by atoms with E-state index < -0.39 is 35.4 Å². The summed E-state index contributed by atoms with van der Waals surface area (Å²) in [7, 11) is 1.97. The number of likely N-dealkylation sites (tertiary alicyclic amines) is 1. The summed E-state index contributed by atoms with van der Waals surface area (Å²) in [5, 5.41) is 21.3. The van der Waals surface area contributed by atoms with Crippen molar-refractivity contribution in [3.05, 3.63) is 45.9 Å². The number of benzene rings is 1. The van der Waals surface area contributed by atoms with Gasteiger partial charge >= 0.3 is 5.97 Å². The summed E-state index contributed by atoms with van der Waals surface area (Å²) in [4.78, 5) is 76.0. The highest BCUT2D eigenvalue weighted by Gasteiger charge is 2.38. The van der Waals surface area contributed by atoms with Crippen LogP contribution in [-0.2, 0) is 25.6 Å². The summed E-state index contributed by atoms with van der Waals surface area (Å²) in [6.45, 7) is 16.4. The number of nitrogen functional groups attached to an aromatic ring is 1. The number of anilines is 1. The van der Waals surface area contributed by atoms with Crippen molar-refractivity contribution in [1.82, 2.24) is 30.7 Å². The minimum absolute atomic E-state index is 0.0152. The molecule has 2 heterocycles. The molecule has 0 aliphatic carbocycles. The van der Waals surface area contributed by atoms with Gasteiger partial charge in [0.15, 0.2) is 0 Å². The molecule has 0 bridgehead atoms. The Balaban J connectivity index is 1.94. The van der Waals surface area contributed by atoms with Crippen LogP contribution in [0.2, 0.25) is 0 Å². The number of carbonyl (C=O) groups excluding carboxylic acids is 4. The molecule has 1 aromatic heterocycles. The van der Waals surface area contributed by atoms with Gasteiger partial charge in [-0.1, -0.05) is 78.9 Å². The fraction of sp³-hybridized carbons (Fsp3) is 0.682. The second kappa shape index (κ2) is 22.9. The van der Waals surface area contributed by atoms with E-state index in [4.69, 9.17) is 10.7 Å². The van der Waals surface area contributed by atoms with E-state index in [0.29, 0.717) is 36.5 Å². The van der Waals surface area contributed by atoms with Gasteiger partial charge in [0.2, 0.25) is 17.7 Å². The molecule has 2 aromatic rings. The largest absolute Gasteiger partial charge is 0.481 e. The molecular formula is C44H71N7O6S. The monoisotopic (exact) mass is 826 g/mol. The fourth-order valence-electron chi connectivity index (χ4n) is 7.76. The zero-order chi connectivity index (χ0) is 43.2. The summed E-state index contributed by atoms with van der Waals surface area (Å²) in [5.74, 6) is -2.03. The molecule has 4 amide bonds. The Bertz CT molecular complexity index is 1650. The quantitative estimate of drug-likeness (QED) is 0.0609. The van der Waals surface area contributed by atoms with E-state index in [1.165, 1.54) is 18.3 Å². The highest BCUT2D eigenvalue weighted by atomic mass is 32.1. The zero-order valence-corrected chi connectivity index (χ0v) is 37.3. The lowest BCUT2D eigenvalue weighted by molar-refractivity contribution is -0.147. The number of nitrogens with two attached hydrogens (primary N) is 1. The third-order valence-corrected chi connectivity index (χ3v) is 12.6. The Morgan fingerprint density at radius 1 is 1.02 bits per heavy atom. The van der Waals surface area contributed by atoms with Gasteiger partial charge in [-0.2, -0.15) is 0 Å². The van der Waals surface area contributed by atoms with E-state index in [2.05, 4.69) is 41.6 Å². The van der Waals surface area contributed by atoms with Crippen LogP contribution < -0.4 is 21.7 Å². The van der Waals surface area contributed by atoms with Gasteiger partial charge in [0, 0.05) is 36.6 Å². The van der Waals surface area contributed by atoms with E-state index in [9.17, 15) is 29.1 Å². The predicted octanol–water partition coefficient (Wildman–Crippen LogP) is 6.58. The number of carboxylic acid groups (broad SMARTS) is 1. The van der Waals surface area contributed by atoms with E-state index in [1.54, 1.807) is 31.4 Å². The van der Waals surface area contributed by atoms with E-state index in [0.717, 1.165) is 57.1 Å². The first-order valence-corrected chi connectivity index (χ1v) is 22.2. The molecule has 0 radical (unpaired) electrons. The first-order valence-electron chi connectivity index (χ1n) is 21.3. The summed E-state index contributed by atoms with van der Waals surface area (Å²) in [6.07, 6.45) is 8.26. The molecule has 1 fully saturated rings. The smallest absolute Gasteiger partial charge is 0.309 e. The van der Waals surface area contributed by atoms with Gasteiger partial charge in [0.25, 0.3) is 5.91 Å². The van der Waals surface area contributed by atoms with Crippen LogP contribution in [0.1, 0.15) is 147 Å². The number of nitrogens with zero attached hydrogens (tertiary/aromatic N) is 3. The lowest BCUT2D eigenvalue weighted by Crippen LogP contribution is -2.59. The van der Waals surface area contributed by atoms with E-state index in [-0.39, 0.29) is 53.8 Å². The van der Waals surface area contributed by atoms with Crippen LogP contribution in [0, 0.1) is 17.3 Å². The Morgan fingerprint density at radius 3 is 2.29 bits per heavy atom. The first-order chi connectivity index (χ1) is 27.4. The van der Waals surface area contributed by atoms with Crippen molar-refractivity contribution >= 4 is 46.6 Å². The Labute approximate surface area is 350 Å². The molecule has 0 unspecified atom stereocenters. The summed E-state index contributed by atoms with van der Waals surface area (Å²) < 4.78 is 0. The molecule has 58 heavy (non-hydrogen) atoms. The fourth-order valence-corrected chi connectivity index (χ4v) is 8.62. The van der Waals surface area contributed by atoms with Crippen molar-refractivity contribution in [2.24, 2.45) is 17.3 Å². The van der Waals surface area contributed by atoms with Gasteiger partial charge in [0.05, 0.1) is 17.5 Å². The number of aliphatic carboxylic acids is 1. The van der Waals surface area contributed by atoms with Crippen LogP contribution in [0.4, 0.5) is 5.69 Å². The summed E-state index contributed by atoms with van der Waals surface area (Å²) in [5.41, 5.74) is 6.44. The van der Waals surface area contributed by atoms with Crippen molar-refractivity contribution in [2.45, 2.75) is 156 Å². The standard InChI is InChI=1S/C44H71N7O6S/c1-10-12-13-15-23-51(42(55)38(29(5)11-2)49-40(54)36-17-14-16-22-50(36)9)37(28(3)4)25-34(46-30(6)52)41-48-35(27-58-41)39(53)47-33(26-44(7,8)43(56)57)24-31-18-20-32(45)21-19-31/h18-21,27-29,33-34,36-38H,10-17,22-26,45H2,1-9H3,(H,46,52)(H,47,53)(H,49,54)(H,56,57)/t29-,33-,34+,36+,37+,38-/m0/s1. The van der Waals surface area contributed by atoms with Gasteiger partial charge < -0.3 is 31.7 Å². The van der Waals surface area contributed by atoms with Crippen LogP contribution in [0.3, 0.4) is 0 Å². The number of unbranched alkanes of at least 4 members (excludes halogenated alkanes) is 3. The van der Waals surface area contributed by atoms with Crippen LogP contribution >= 0.6 is 11.3 Å². The third kappa shape index (κ3) is 14.4. The Kier molecular flexibility index (Phi) is 19.1. The number of nitrogens with one attached hydrogen (secondary N) is 3. The number of carboxylic acids is 1. The third-order valence-electron chi connectivity index (χ3n) is 11.6. The number of piperidine rings is 1.